The summed E-state index contributed by atoms with van der Waals surface area (Å²) in [5.74, 6) is 1.85. The van der Waals surface area contributed by atoms with Crippen LogP contribution in [0.4, 0.5) is 0 Å². The summed E-state index contributed by atoms with van der Waals surface area (Å²) in [6, 6.07) is 1.21. The highest BCUT2D eigenvalue weighted by molar-refractivity contribution is 5.83. The first-order valence-corrected chi connectivity index (χ1v) is 13.1. The van der Waals surface area contributed by atoms with Gasteiger partial charge in [-0.25, -0.2) is 0 Å². The lowest BCUT2D eigenvalue weighted by Crippen LogP contribution is -2.56. The van der Waals surface area contributed by atoms with Crippen LogP contribution < -0.4 is 10.6 Å². The van der Waals surface area contributed by atoms with Gasteiger partial charge in [0.25, 0.3) is 0 Å². The van der Waals surface area contributed by atoms with Crippen LogP contribution in [0.25, 0.3) is 0 Å². The molecule has 3 rings (SSSR count). The molecular formula is C26H47N3O3. The Morgan fingerprint density at radius 2 is 1.84 bits per heavy atom. The number of rotatable bonds is 7. The van der Waals surface area contributed by atoms with Gasteiger partial charge in [0, 0.05) is 43.8 Å². The van der Waals surface area contributed by atoms with Gasteiger partial charge in [-0.05, 0) is 69.2 Å². The predicted molar refractivity (Wildman–Crippen MR) is 128 cm³/mol. The van der Waals surface area contributed by atoms with Crippen LogP contribution in [0.2, 0.25) is 0 Å². The largest absolute Gasteiger partial charge is 0.381 e. The first kappa shape index (κ1) is 25.5. The molecule has 32 heavy (non-hydrogen) atoms. The molecule has 2 aliphatic heterocycles. The minimum atomic E-state index is -0.125. The summed E-state index contributed by atoms with van der Waals surface area (Å²) >= 11 is 0. The van der Waals surface area contributed by atoms with E-state index in [-0.39, 0.29) is 29.7 Å². The van der Waals surface area contributed by atoms with Crippen molar-refractivity contribution in [2.45, 2.75) is 91.8 Å². The first-order valence-electron chi connectivity index (χ1n) is 13.1. The first-order chi connectivity index (χ1) is 15.2. The highest BCUT2D eigenvalue weighted by Gasteiger charge is 2.43. The van der Waals surface area contributed by atoms with E-state index in [2.05, 4.69) is 57.1 Å². The van der Waals surface area contributed by atoms with Crippen LogP contribution in [-0.4, -0.2) is 61.1 Å². The molecule has 2 saturated heterocycles. The Morgan fingerprint density at radius 1 is 1.16 bits per heavy atom. The Kier molecular flexibility index (Phi) is 9.02. The summed E-state index contributed by atoms with van der Waals surface area (Å²) in [6.07, 6.45) is 5.28. The second-order valence-electron chi connectivity index (χ2n) is 11.2. The molecule has 0 aromatic heterocycles. The SMILES string of the molecule is CCN(C1CCOCC1)C1CC(C(C)C)CC(C(=O)NCC2C(=O)NC(C)CC2C)C1C. The highest BCUT2D eigenvalue weighted by Crippen LogP contribution is 2.41. The van der Waals surface area contributed by atoms with Gasteiger partial charge >= 0.3 is 0 Å². The molecule has 2 N–H and O–H groups in total. The second-order valence-corrected chi connectivity index (χ2v) is 11.2. The zero-order chi connectivity index (χ0) is 23.4. The van der Waals surface area contributed by atoms with Gasteiger partial charge in [0.2, 0.25) is 11.8 Å². The molecule has 1 aliphatic carbocycles. The van der Waals surface area contributed by atoms with Crippen molar-refractivity contribution in [2.75, 3.05) is 26.3 Å². The number of piperidine rings is 1. The topological polar surface area (TPSA) is 70.7 Å². The van der Waals surface area contributed by atoms with E-state index in [9.17, 15) is 9.59 Å². The number of ether oxygens (including phenoxy) is 1. The van der Waals surface area contributed by atoms with Crippen molar-refractivity contribution in [3.8, 4) is 0 Å². The molecule has 0 radical (unpaired) electrons. The molecule has 6 heteroatoms. The summed E-state index contributed by atoms with van der Waals surface area (Å²) in [7, 11) is 0. The number of nitrogens with one attached hydrogen (secondary N) is 2. The van der Waals surface area contributed by atoms with Crippen molar-refractivity contribution < 1.29 is 14.3 Å². The molecule has 7 unspecified atom stereocenters. The Labute approximate surface area is 195 Å². The Bertz CT molecular complexity index is 634. The molecule has 184 valence electrons. The molecule has 7 atom stereocenters. The standard InChI is InChI=1S/C26H47N3O3/c1-7-29(21-8-10-32-11-9-21)24-14-20(16(2)3)13-22(19(24)6)25(30)27-15-23-17(4)12-18(5)28-26(23)31/h16-24H,7-15H2,1-6H3,(H,27,30)(H,28,31). The average Bonchev–Trinajstić information content (AvgIpc) is 2.75. The van der Waals surface area contributed by atoms with Gasteiger partial charge < -0.3 is 15.4 Å². The van der Waals surface area contributed by atoms with Crippen LogP contribution in [0.5, 0.6) is 0 Å². The molecule has 2 amide bonds. The number of carbonyl (C=O) groups excluding carboxylic acids is 2. The third-order valence-corrected chi connectivity index (χ3v) is 8.71. The number of nitrogens with zero attached hydrogens (tertiary/aromatic N) is 1. The Balaban J connectivity index is 1.69. The molecule has 2 heterocycles. The third kappa shape index (κ3) is 5.85. The lowest BCUT2D eigenvalue weighted by molar-refractivity contribution is -0.133. The summed E-state index contributed by atoms with van der Waals surface area (Å²) < 4.78 is 5.62. The normalized spacial score (nSPS) is 36.9. The van der Waals surface area contributed by atoms with Gasteiger partial charge in [-0.3, -0.25) is 14.5 Å². The summed E-state index contributed by atoms with van der Waals surface area (Å²) in [6.45, 7) is 16.5. The smallest absolute Gasteiger partial charge is 0.225 e. The zero-order valence-electron chi connectivity index (χ0n) is 21.2. The quantitative estimate of drug-likeness (QED) is 0.625. The van der Waals surface area contributed by atoms with Crippen molar-refractivity contribution in [1.82, 2.24) is 15.5 Å². The van der Waals surface area contributed by atoms with Gasteiger partial charge in [-0.15, -0.1) is 0 Å². The predicted octanol–water partition coefficient (Wildman–Crippen LogP) is 3.45. The van der Waals surface area contributed by atoms with E-state index in [4.69, 9.17) is 4.74 Å². The average molecular weight is 450 g/mol. The van der Waals surface area contributed by atoms with Gasteiger partial charge in [0.1, 0.15) is 0 Å². The van der Waals surface area contributed by atoms with E-state index in [1.165, 1.54) is 6.42 Å². The zero-order valence-corrected chi connectivity index (χ0v) is 21.2. The molecule has 0 aromatic carbocycles. The molecule has 1 saturated carbocycles. The lowest BCUT2D eigenvalue weighted by Gasteiger charge is -2.49. The lowest BCUT2D eigenvalue weighted by atomic mass is 9.67. The van der Waals surface area contributed by atoms with E-state index in [0.29, 0.717) is 42.3 Å². The molecule has 0 aromatic rings. The highest BCUT2D eigenvalue weighted by atomic mass is 16.5. The summed E-state index contributed by atoms with van der Waals surface area (Å²) in [5.41, 5.74) is 0. The fraction of sp³-hybridized carbons (Fsp3) is 0.923. The fourth-order valence-electron chi connectivity index (χ4n) is 6.56. The Morgan fingerprint density at radius 3 is 2.44 bits per heavy atom. The van der Waals surface area contributed by atoms with Gasteiger partial charge in [0.05, 0.1) is 5.92 Å². The number of hydrogen-bond acceptors (Lipinski definition) is 4. The number of hydrogen-bond donors (Lipinski definition) is 2. The van der Waals surface area contributed by atoms with E-state index < -0.39 is 0 Å². The van der Waals surface area contributed by atoms with Gasteiger partial charge in [-0.1, -0.05) is 34.6 Å². The third-order valence-electron chi connectivity index (χ3n) is 8.71. The second kappa shape index (κ2) is 11.3. The van der Waals surface area contributed by atoms with Crippen molar-refractivity contribution in [3.05, 3.63) is 0 Å². The van der Waals surface area contributed by atoms with Crippen LogP contribution >= 0.6 is 0 Å². The van der Waals surface area contributed by atoms with Crippen molar-refractivity contribution in [3.63, 3.8) is 0 Å². The monoisotopic (exact) mass is 449 g/mol. The molecular weight excluding hydrogens is 402 g/mol. The van der Waals surface area contributed by atoms with Crippen molar-refractivity contribution >= 4 is 11.8 Å². The number of carbonyl (C=O) groups is 2. The van der Waals surface area contributed by atoms with Crippen molar-refractivity contribution in [2.24, 2.45) is 35.5 Å². The van der Waals surface area contributed by atoms with Crippen LogP contribution in [0.1, 0.15) is 73.6 Å². The van der Waals surface area contributed by atoms with Crippen LogP contribution in [-0.2, 0) is 14.3 Å². The van der Waals surface area contributed by atoms with E-state index in [1.54, 1.807) is 0 Å². The number of amides is 2. The van der Waals surface area contributed by atoms with E-state index in [0.717, 1.165) is 45.4 Å². The maximum Gasteiger partial charge on any atom is 0.225 e. The minimum absolute atomic E-state index is 0.0101. The maximum absolute atomic E-state index is 13.4. The molecule has 3 aliphatic rings. The summed E-state index contributed by atoms with van der Waals surface area (Å²) in [4.78, 5) is 28.6. The van der Waals surface area contributed by atoms with Gasteiger partial charge in [-0.2, -0.15) is 0 Å². The Hall–Kier alpha value is -1.14. The maximum atomic E-state index is 13.4. The van der Waals surface area contributed by atoms with E-state index >= 15 is 0 Å². The van der Waals surface area contributed by atoms with Crippen molar-refractivity contribution in [1.29, 1.82) is 0 Å². The van der Waals surface area contributed by atoms with Crippen LogP contribution in [0, 0.1) is 35.5 Å². The van der Waals surface area contributed by atoms with E-state index in [1.807, 2.05) is 0 Å². The molecule has 0 bridgehead atoms. The minimum Gasteiger partial charge on any atom is -0.381 e. The molecule has 0 spiro atoms. The van der Waals surface area contributed by atoms with Gasteiger partial charge in [0.15, 0.2) is 0 Å². The molecule has 6 nitrogen and oxygen atoms in total. The molecule has 3 fully saturated rings. The summed E-state index contributed by atoms with van der Waals surface area (Å²) in [5, 5.41) is 6.26. The van der Waals surface area contributed by atoms with Crippen LogP contribution in [0.15, 0.2) is 0 Å². The fourth-order valence-corrected chi connectivity index (χ4v) is 6.56. The van der Waals surface area contributed by atoms with Crippen LogP contribution in [0.3, 0.4) is 0 Å².